The first kappa shape index (κ1) is 41.3. The first-order chi connectivity index (χ1) is 26.9. The van der Waals surface area contributed by atoms with Crippen LogP contribution < -0.4 is 9.80 Å². The van der Waals surface area contributed by atoms with Crippen molar-refractivity contribution in [3.8, 4) is 11.1 Å². The van der Waals surface area contributed by atoms with E-state index in [0.717, 1.165) is 17.1 Å². The van der Waals surface area contributed by atoms with Crippen molar-refractivity contribution < 1.29 is 0 Å². The maximum absolute atomic E-state index is 3.92. The van der Waals surface area contributed by atoms with E-state index in [0.29, 0.717) is 0 Å². The number of aryl methyl sites for hydroxylation is 5. The van der Waals surface area contributed by atoms with Gasteiger partial charge in [0.25, 0.3) is 0 Å². The Hall–Kier alpha value is -5.86. The molecule has 0 N–H and O–H groups in total. The van der Waals surface area contributed by atoms with E-state index in [2.05, 4.69) is 217 Å². The molecule has 0 spiro atoms. The summed E-state index contributed by atoms with van der Waals surface area (Å²) >= 11 is 0. The van der Waals surface area contributed by atoms with Gasteiger partial charge in [-0.3, -0.25) is 0 Å². The zero-order valence-corrected chi connectivity index (χ0v) is 35.5. The predicted octanol–water partition coefficient (Wildman–Crippen LogP) is 15.5. The van der Waals surface area contributed by atoms with Gasteiger partial charge in [0, 0.05) is 40.6 Å². The fourth-order valence-corrected chi connectivity index (χ4v) is 7.47. The van der Waals surface area contributed by atoms with Gasteiger partial charge in [-0.05, 0) is 111 Å². The van der Waals surface area contributed by atoms with Gasteiger partial charge in [0.2, 0.25) is 0 Å². The third-order valence-electron chi connectivity index (χ3n) is 10.6. The van der Waals surface area contributed by atoms with Crippen molar-refractivity contribution in [3.63, 3.8) is 0 Å². The minimum atomic E-state index is -0.0610. The molecule has 2 nitrogen and oxygen atoms in total. The van der Waals surface area contributed by atoms with Crippen LogP contribution in [0.3, 0.4) is 0 Å². The molecule has 7 aromatic carbocycles. The van der Waals surface area contributed by atoms with Crippen molar-refractivity contribution in [2.45, 2.75) is 74.7 Å². The molecule has 0 aliphatic heterocycles. The summed E-state index contributed by atoms with van der Waals surface area (Å²) in [4.78, 5) is 4.50. The molecule has 1 aliphatic rings. The molecule has 56 heavy (non-hydrogen) atoms. The van der Waals surface area contributed by atoms with Gasteiger partial charge in [0.05, 0.1) is 5.69 Å². The lowest BCUT2D eigenvalue weighted by molar-refractivity contribution is 0.660. The van der Waals surface area contributed by atoms with Gasteiger partial charge in [-0.1, -0.05) is 172 Å². The summed E-state index contributed by atoms with van der Waals surface area (Å²) in [5.74, 6) is 0. The number of rotatable bonds is 5. The molecule has 8 rings (SSSR count). The minimum Gasteiger partial charge on any atom is -0.349 e. The van der Waals surface area contributed by atoms with Gasteiger partial charge in [0.15, 0.2) is 0 Å². The van der Waals surface area contributed by atoms with Gasteiger partial charge < -0.3 is 9.80 Å². The van der Waals surface area contributed by atoms with Crippen LogP contribution in [0, 0.1) is 34.6 Å². The molecule has 0 fully saturated rings. The summed E-state index contributed by atoms with van der Waals surface area (Å²) in [6.45, 7) is 25.3. The Labute approximate surface area is 337 Å². The molecule has 0 saturated carbocycles. The minimum absolute atomic E-state index is 0.0610. The second kappa shape index (κ2) is 18.2. The molecule has 0 amide bonds. The number of hydrogen-bond donors (Lipinski definition) is 0. The highest BCUT2D eigenvalue weighted by Crippen LogP contribution is 2.54. The zero-order valence-electron chi connectivity index (χ0n) is 35.5. The Morgan fingerprint density at radius 2 is 0.964 bits per heavy atom. The van der Waals surface area contributed by atoms with Crippen LogP contribution in [-0.4, -0.2) is 7.05 Å². The Kier molecular flexibility index (Phi) is 13.4. The molecule has 7 aromatic rings. The van der Waals surface area contributed by atoms with Crippen LogP contribution in [0.5, 0.6) is 0 Å². The van der Waals surface area contributed by atoms with E-state index < -0.39 is 0 Å². The van der Waals surface area contributed by atoms with E-state index >= 15 is 0 Å². The van der Waals surface area contributed by atoms with Gasteiger partial charge >= 0.3 is 0 Å². The number of nitrogens with zero attached hydrogens (tertiary/aromatic N) is 2. The molecular weight excluding hydrogens is 677 g/mol. The molecule has 0 unspecified atom stereocenters. The highest BCUT2D eigenvalue weighted by Gasteiger charge is 2.37. The Morgan fingerprint density at radius 3 is 1.48 bits per heavy atom. The second-order valence-electron chi connectivity index (χ2n) is 15.3. The molecule has 0 heterocycles. The molecular formula is C54H60N2. The summed E-state index contributed by atoms with van der Waals surface area (Å²) in [6, 6.07) is 54.6. The van der Waals surface area contributed by atoms with Crippen LogP contribution in [-0.2, 0) is 5.41 Å². The van der Waals surface area contributed by atoms with E-state index in [1.54, 1.807) is 0 Å². The fraction of sp³-hybridized carbons (Fsp3) is 0.222. The lowest BCUT2D eigenvalue weighted by Gasteiger charge is -2.29. The number of para-hydroxylation sites is 2. The average molecular weight is 737 g/mol. The van der Waals surface area contributed by atoms with Crippen molar-refractivity contribution >= 4 is 33.5 Å². The molecule has 0 atom stereocenters. The lowest BCUT2D eigenvalue weighted by Crippen LogP contribution is -2.17. The normalized spacial score (nSPS) is 11.7. The van der Waals surface area contributed by atoms with Crippen LogP contribution >= 0.6 is 0 Å². The molecule has 1 aliphatic carbocycles. The van der Waals surface area contributed by atoms with Crippen molar-refractivity contribution in [2.75, 3.05) is 16.8 Å². The SMILES string of the molecule is C=C(C)N(C)c1ccc(C)cc1C.CC.Cc1ccc(C)cc1.Cc1ccc2c(c1)C(C)(C)c1cc(N(c3ccccc3)c3ccccc3)c3ccccc3c1-2. The van der Waals surface area contributed by atoms with Crippen LogP contribution in [0.4, 0.5) is 22.7 Å². The monoisotopic (exact) mass is 736 g/mol. The van der Waals surface area contributed by atoms with Crippen molar-refractivity contribution in [2.24, 2.45) is 0 Å². The number of fused-ring (bicyclic) bond motifs is 5. The summed E-state index contributed by atoms with van der Waals surface area (Å²) < 4.78 is 0. The summed E-state index contributed by atoms with van der Waals surface area (Å²) in [7, 11) is 2.04. The quantitative estimate of drug-likeness (QED) is 0.174. The molecule has 0 aromatic heterocycles. The van der Waals surface area contributed by atoms with Crippen LogP contribution in [0.25, 0.3) is 21.9 Å². The molecule has 0 radical (unpaired) electrons. The molecule has 0 saturated heterocycles. The lowest BCUT2D eigenvalue weighted by atomic mass is 9.81. The second-order valence-corrected chi connectivity index (χ2v) is 15.3. The maximum atomic E-state index is 3.92. The largest absolute Gasteiger partial charge is 0.349 e. The topological polar surface area (TPSA) is 6.48 Å². The standard InChI is InChI=1S/C32H27N.C12H17N.C8H10.C2H6/c1-22-18-19-27-28(20-22)32(2,3)29-21-30(25-16-10-11-17-26(25)31(27)29)33(23-12-6-4-7-13-23)24-14-8-5-9-15-24;1-9(2)13(5)12-7-6-10(3)8-11(12)4;1-7-3-5-8(2)6-4-7;1-2/h4-21H,1-3H3;6-8H,1H2,2-5H3;3-6H,1-2H3;1-2H3. The number of benzene rings is 7. The van der Waals surface area contributed by atoms with Crippen LogP contribution in [0.2, 0.25) is 0 Å². The highest BCUT2D eigenvalue weighted by molar-refractivity contribution is 6.10. The number of anilines is 4. The fourth-order valence-electron chi connectivity index (χ4n) is 7.47. The molecule has 286 valence electrons. The third kappa shape index (κ3) is 8.98. The van der Waals surface area contributed by atoms with Crippen LogP contribution in [0.1, 0.15) is 73.6 Å². The molecule has 0 bridgehead atoms. The van der Waals surface area contributed by atoms with Crippen LogP contribution in [0.15, 0.2) is 164 Å². The van der Waals surface area contributed by atoms with Gasteiger partial charge in [-0.2, -0.15) is 0 Å². The summed E-state index contributed by atoms with van der Waals surface area (Å²) in [5.41, 5.74) is 17.9. The first-order valence-electron chi connectivity index (χ1n) is 19.9. The van der Waals surface area contributed by atoms with E-state index in [-0.39, 0.29) is 5.41 Å². The van der Waals surface area contributed by atoms with E-state index in [1.807, 2.05) is 27.8 Å². The molecule has 2 heteroatoms. The first-order valence-corrected chi connectivity index (χ1v) is 19.9. The number of hydrogen-bond acceptors (Lipinski definition) is 2. The van der Waals surface area contributed by atoms with Gasteiger partial charge in [0.1, 0.15) is 0 Å². The van der Waals surface area contributed by atoms with Gasteiger partial charge in [-0.15, -0.1) is 0 Å². The zero-order chi connectivity index (χ0) is 40.6. The summed E-state index contributed by atoms with van der Waals surface area (Å²) in [6.07, 6.45) is 0. The Balaban J connectivity index is 0.000000214. The Morgan fingerprint density at radius 1 is 0.500 bits per heavy atom. The third-order valence-corrected chi connectivity index (χ3v) is 10.6. The smallest absolute Gasteiger partial charge is 0.0543 e. The summed E-state index contributed by atoms with van der Waals surface area (Å²) in [5, 5.41) is 2.59. The predicted molar refractivity (Wildman–Crippen MR) is 247 cm³/mol. The van der Waals surface area contributed by atoms with E-state index in [4.69, 9.17) is 0 Å². The van der Waals surface area contributed by atoms with Gasteiger partial charge in [-0.25, -0.2) is 0 Å². The number of allylic oxidation sites excluding steroid dienone is 1. The highest BCUT2D eigenvalue weighted by atomic mass is 15.1. The van der Waals surface area contributed by atoms with Crippen molar-refractivity contribution in [1.82, 2.24) is 0 Å². The average Bonchev–Trinajstić information content (AvgIpc) is 3.43. The van der Waals surface area contributed by atoms with E-state index in [1.165, 1.54) is 72.2 Å². The van der Waals surface area contributed by atoms with E-state index in [9.17, 15) is 0 Å². The Bertz CT molecular complexity index is 2320. The maximum Gasteiger partial charge on any atom is 0.0543 e. The van der Waals surface area contributed by atoms with Crippen molar-refractivity contribution in [3.05, 3.63) is 203 Å². The van der Waals surface area contributed by atoms with Crippen molar-refractivity contribution in [1.29, 1.82) is 0 Å².